The van der Waals surface area contributed by atoms with Gasteiger partial charge in [-0.2, -0.15) is 4.99 Å². The fraction of sp³-hybridized carbons (Fsp3) is 0.182. The lowest BCUT2D eigenvalue weighted by Gasteiger charge is -2.02. The summed E-state index contributed by atoms with van der Waals surface area (Å²) in [5, 5.41) is 3.60. The molecule has 5 nitrogen and oxygen atoms in total. The smallest absolute Gasteiger partial charge is 0.412 e. The summed E-state index contributed by atoms with van der Waals surface area (Å²) in [6, 6.07) is 7.80. The Balaban J connectivity index is 2.26. The number of amides is 1. The fourth-order valence-electron chi connectivity index (χ4n) is 1.26. The van der Waals surface area contributed by atoms with Crippen LogP contribution in [0.3, 0.4) is 0 Å². The van der Waals surface area contributed by atoms with Gasteiger partial charge in [-0.05, 0) is 18.4 Å². The number of ether oxygens (including phenoxy) is 1. The largest absolute Gasteiger partial charge is 0.453 e. The number of hydrogen-bond donors (Lipinski definition) is 1. The molecule has 0 unspecified atom stereocenters. The molecule has 0 aliphatic heterocycles. The van der Waals surface area contributed by atoms with Crippen LogP contribution < -0.4 is 5.32 Å². The number of nitrogens with zero attached hydrogens (tertiary/aromatic N) is 2. The van der Waals surface area contributed by atoms with Gasteiger partial charge in [0.1, 0.15) is 0 Å². The SMILES string of the molecule is COC(=O)N/C(=N/c1nc2ccccc2s1)SC. The van der Waals surface area contributed by atoms with Crippen molar-refractivity contribution in [1.29, 1.82) is 0 Å². The number of methoxy groups -OCH3 is 1. The van der Waals surface area contributed by atoms with Crippen molar-refractivity contribution in [1.82, 2.24) is 10.3 Å². The van der Waals surface area contributed by atoms with E-state index in [2.05, 4.69) is 20.0 Å². The monoisotopic (exact) mass is 281 g/mol. The second-order valence-corrected chi connectivity index (χ2v) is 5.01. The molecule has 0 radical (unpaired) electrons. The number of carbonyl (C=O) groups excluding carboxylic acids is 1. The van der Waals surface area contributed by atoms with Crippen LogP contribution in [0.1, 0.15) is 0 Å². The highest BCUT2D eigenvalue weighted by Crippen LogP contribution is 2.28. The van der Waals surface area contributed by atoms with Gasteiger partial charge >= 0.3 is 6.09 Å². The van der Waals surface area contributed by atoms with Crippen molar-refractivity contribution >= 4 is 49.7 Å². The zero-order valence-corrected chi connectivity index (χ0v) is 11.5. The molecule has 0 atom stereocenters. The third-order valence-electron chi connectivity index (χ3n) is 2.07. The molecule has 18 heavy (non-hydrogen) atoms. The average Bonchev–Trinajstić information content (AvgIpc) is 2.79. The second-order valence-electron chi connectivity index (χ2n) is 3.20. The lowest BCUT2D eigenvalue weighted by Crippen LogP contribution is -2.27. The number of aliphatic imine (C=N–C) groups is 1. The van der Waals surface area contributed by atoms with Crippen molar-refractivity contribution in [2.75, 3.05) is 13.4 Å². The molecule has 1 heterocycles. The molecule has 94 valence electrons. The molecule has 2 aromatic rings. The Morgan fingerprint density at radius 2 is 2.28 bits per heavy atom. The Hall–Kier alpha value is -1.60. The zero-order valence-electron chi connectivity index (χ0n) is 9.84. The number of benzene rings is 1. The van der Waals surface area contributed by atoms with Gasteiger partial charge in [0.05, 0.1) is 17.3 Å². The first-order valence-electron chi connectivity index (χ1n) is 5.06. The Morgan fingerprint density at radius 1 is 1.50 bits per heavy atom. The summed E-state index contributed by atoms with van der Waals surface area (Å²) in [5.74, 6) is 0. The number of thiazole rings is 1. The number of alkyl carbamates (subject to hydrolysis) is 1. The maximum Gasteiger partial charge on any atom is 0.412 e. The number of carbonyl (C=O) groups is 1. The van der Waals surface area contributed by atoms with Crippen molar-refractivity contribution < 1.29 is 9.53 Å². The molecule has 7 heteroatoms. The van der Waals surface area contributed by atoms with Crippen LogP contribution in [0.4, 0.5) is 9.93 Å². The van der Waals surface area contributed by atoms with Gasteiger partial charge in [-0.15, -0.1) is 0 Å². The summed E-state index contributed by atoms with van der Waals surface area (Å²) in [6.07, 6.45) is 1.28. The van der Waals surface area contributed by atoms with E-state index in [1.165, 1.54) is 30.2 Å². The number of para-hydroxylation sites is 1. The van der Waals surface area contributed by atoms with Crippen molar-refractivity contribution in [3.8, 4) is 0 Å². The zero-order chi connectivity index (χ0) is 13.0. The highest BCUT2D eigenvalue weighted by atomic mass is 32.2. The van der Waals surface area contributed by atoms with Crippen LogP contribution in [0.15, 0.2) is 29.3 Å². The average molecular weight is 281 g/mol. The van der Waals surface area contributed by atoms with Gasteiger partial charge in [-0.3, -0.25) is 5.32 Å². The number of thioether (sulfide) groups is 1. The van der Waals surface area contributed by atoms with E-state index < -0.39 is 6.09 Å². The van der Waals surface area contributed by atoms with E-state index in [4.69, 9.17) is 0 Å². The summed E-state index contributed by atoms with van der Waals surface area (Å²) in [5.41, 5.74) is 0.903. The summed E-state index contributed by atoms with van der Waals surface area (Å²) in [4.78, 5) is 19.7. The molecule has 1 aromatic carbocycles. The minimum absolute atomic E-state index is 0.459. The molecule has 1 aromatic heterocycles. The van der Waals surface area contributed by atoms with Gasteiger partial charge < -0.3 is 4.74 Å². The molecular weight excluding hydrogens is 270 g/mol. The van der Waals surface area contributed by atoms with Crippen LogP contribution in [0.2, 0.25) is 0 Å². The minimum atomic E-state index is -0.538. The van der Waals surface area contributed by atoms with Gasteiger partial charge in [0, 0.05) is 0 Å². The third-order valence-corrected chi connectivity index (χ3v) is 3.58. The van der Waals surface area contributed by atoms with Crippen LogP contribution in [0, 0.1) is 0 Å². The van der Waals surface area contributed by atoms with Crippen molar-refractivity contribution in [2.45, 2.75) is 0 Å². The molecule has 0 spiro atoms. The summed E-state index contributed by atoms with van der Waals surface area (Å²) >= 11 is 2.79. The van der Waals surface area contributed by atoms with Crippen molar-refractivity contribution in [3.63, 3.8) is 0 Å². The molecule has 0 fully saturated rings. The van der Waals surface area contributed by atoms with E-state index in [-0.39, 0.29) is 0 Å². The van der Waals surface area contributed by atoms with E-state index in [1.54, 1.807) is 0 Å². The number of rotatable bonds is 1. The maximum absolute atomic E-state index is 11.1. The predicted octanol–water partition coefficient (Wildman–Crippen LogP) is 3.00. The van der Waals surface area contributed by atoms with E-state index in [9.17, 15) is 4.79 Å². The van der Waals surface area contributed by atoms with Gasteiger partial charge in [0.25, 0.3) is 0 Å². The Bertz CT molecular complexity index is 562. The lowest BCUT2D eigenvalue weighted by atomic mass is 10.3. The van der Waals surface area contributed by atoms with Gasteiger partial charge in [0.2, 0.25) is 5.13 Å². The number of fused-ring (bicyclic) bond motifs is 1. The lowest BCUT2D eigenvalue weighted by molar-refractivity contribution is 0.177. The highest BCUT2D eigenvalue weighted by molar-refractivity contribution is 8.13. The van der Waals surface area contributed by atoms with Crippen LogP contribution in [0.25, 0.3) is 10.2 Å². The molecule has 0 aliphatic rings. The van der Waals surface area contributed by atoms with Crippen LogP contribution in [-0.4, -0.2) is 29.6 Å². The Labute approximate surface area is 112 Å². The molecule has 1 N–H and O–H groups in total. The van der Waals surface area contributed by atoms with Crippen LogP contribution >= 0.6 is 23.1 Å². The fourth-order valence-corrected chi connectivity index (χ4v) is 2.52. The normalized spacial score (nSPS) is 11.6. The topological polar surface area (TPSA) is 63.6 Å². The van der Waals surface area contributed by atoms with Crippen molar-refractivity contribution in [2.24, 2.45) is 4.99 Å². The van der Waals surface area contributed by atoms with Crippen molar-refractivity contribution in [3.05, 3.63) is 24.3 Å². The molecule has 0 saturated heterocycles. The number of nitrogens with one attached hydrogen (secondary N) is 1. The number of aromatic nitrogens is 1. The molecule has 1 amide bonds. The van der Waals surface area contributed by atoms with E-state index in [0.29, 0.717) is 10.3 Å². The summed E-state index contributed by atoms with van der Waals surface area (Å²) in [7, 11) is 1.31. The van der Waals surface area contributed by atoms with Crippen LogP contribution in [-0.2, 0) is 4.74 Å². The Kier molecular flexibility index (Phi) is 4.16. The standard InChI is InChI=1S/C11H11N3O2S2/c1-16-11(15)14-9(17-2)13-10-12-7-5-3-4-6-8(7)18-10/h3-6H,1-2H3,(H,12,13,14,15). The predicted molar refractivity (Wildman–Crippen MR) is 75.8 cm³/mol. The van der Waals surface area contributed by atoms with E-state index in [1.807, 2.05) is 30.5 Å². The van der Waals surface area contributed by atoms with Gasteiger partial charge in [-0.25, -0.2) is 9.78 Å². The quantitative estimate of drug-likeness (QED) is 0.644. The Morgan fingerprint density at radius 3 is 2.94 bits per heavy atom. The molecule has 0 saturated carbocycles. The van der Waals surface area contributed by atoms with E-state index in [0.717, 1.165) is 10.2 Å². The second kappa shape index (κ2) is 5.83. The first kappa shape index (κ1) is 12.8. The molecule has 0 bridgehead atoms. The maximum atomic E-state index is 11.1. The van der Waals surface area contributed by atoms with E-state index >= 15 is 0 Å². The van der Waals surface area contributed by atoms with Gasteiger partial charge in [-0.1, -0.05) is 35.2 Å². The van der Waals surface area contributed by atoms with Gasteiger partial charge in [0.15, 0.2) is 5.17 Å². The highest BCUT2D eigenvalue weighted by Gasteiger charge is 2.07. The number of hydrogen-bond acceptors (Lipinski definition) is 6. The third kappa shape index (κ3) is 2.99. The minimum Gasteiger partial charge on any atom is -0.453 e. The van der Waals surface area contributed by atoms with Crippen LogP contribution in [0.5, 0.6) is 0 Å². The summed E-state index contributed by atoms with van der Waals surface area (Å²) in [6.45, 7) is 0. The number of amidine groups is 1. The first-order chi connectivity index (χ1) is 8.72. The molecule has 2 rings (SSSR count). The molecule has 0 aliphatic carbocycles. The first-order valence-corrected chi connectivity index (χ1v) is 7.10. The molecular formula is C11H11N3O2S2. The summed E-state index contributed by atoms with van der Waals surface area (Å²) < 4.78 is 5.58.